The lowest BCUT2D eigenvalue weighted by molar-refractivity contribution is 0.101. The van der Waals surface area contributed by atoms with Crippen molar-refractivity contribution < 1.29 is 4.79 Å². The molecule has 4 nitrogen and oxygen atoms in total. The summed E-state index contributed by atoms with van der Waals surface area (Å²) in [5.41, 5.74) is 1.47. The number of para-hydroxylation sites is 1. The van der Waals surface area contributed by atoms with Crippen molar-refractivity contribution in [1.82, 2.24) is 9.97 Å². The molecule has 0 spiro atoms. The number of fused-ring (bicyclic) bond motifs is 1. The number of halogens is 2. The fraction of sp³-hybridized carbons (Fsp3) is 0.444. The average molecular weight is 489 g/mol. The van der Waals surface area contributed by atoms with E-state index in [9.17, 15) is 4.79 Å². The van der Waals surface area contributed by atoms with Gasteiger partial charge in [-0.25, -0.2) is 9.97 Å². The summed E-state index contributed by atoms with van der Waals surface area (Å²) in [6.45, 7) is 8.11. The van der Waals surface area contributed by atoms with Crippen LogP contribution in [0.25, 0.3) is 10.9 Å². The minimum absolute atomic E-state index is 0.0718. The number of hydrogen-bond acceptors (Lipinski definition) is 4. The van der Waals surface area contributed by atoms with Crippen LogP contribution in [0.15, 0.2) is 42.5 Å². The van der Waals surface area contributed by atoms with Gasteiger partial charge in [0.1, 0.15) is 11.6 Å². The summed E-state index contributed by atoms with van der Waals surface area (Å²) in [5, 5.41) is 1.85. The molecule has 0 aliphatic heterocycles. The number of Topliss-reactive ketones (excluding diaryl/α,β-unsaturated/α-hetero) is 1. The second-order valence-electron chi connectivity index (χ2n) is 9.03. The van der Waals surface area contributed by atoms with E-state index in [0.29, 0.717) is 15.6 Å². The lowest BCUT2D eigenvalue weighted by Gasteiger charge is -2.22. The molecule has 6 heteroatoms. The molecule has 178 valence electrons. The lowest BCUT2D eigenvalue weighted by atomic mass is 9.84. The van der Waals surface area contributed by atoms with Crippen LogP contribution in [-0.4, -0.2) is 29.8 Å². The molecule has 2 aromatic carbocycles. The quantitative estimate of drug-likeness (QED) is 0.343. The Labute approximate surface area is 208 Å². The highest BCUT2D eigenvalue weighted by atomic mass is 35.5. The monoisotopic (exact) mass is 487 g/mol. The molecule has 33 heavy (non-hydrogen) atoms. The molecule has 0 radical (unpaired) electrons. The van der Waals surface area contributed by atoms with Crippen molar-refractivity contribution in [3.63, 3.8) is 0 Å². The van der Waals surface area contributed by atoms with Crippen LogP contribution in [0.4, 0.5) is 5.82 Å². The molecule has 1 fully saturated rings. The Balaban J connectivity index is 0.000000182. The SMILES string of the molecule is CC(=O)c1cccc(Cl)c1Cl.CC1CCC(C)CC1.Cc1nc(N(C)C)c2ccccc2n1. The largest absolute Gasteiger partial charge is 0.362 e. The summed E-state index contributed by atoms with van der Waals surface area (Å²) < 4.78 is 0. The maximum atomic E-state index is 10.9. The summed E-state index contributed by atoms with van der Waals surface area (Å²) in [6.07, 6.45) is 5.89. The van der Waals surface area contributed by atoms with Gasteiger partial charge >= 0.3 is 0 Å². The summed E-state index contributed by atoms with van der Waals surface area (Å²) in [7, 11) is 3.99. The summed E-state index contributed by atoms with van der Waals surface area (Å²) in [6, 6.07) is 13.1. The third-order valence-corrected chi connectivity index (χ3v) is 6.57. The molecule has 0 bridgehead atoms. The Morgan fingerprint density at radius 1 is 0.909 bits per heavy atom. The average Bonchev–Trinajstić information content (AvgIpc) is 2.77. The summed E-state index contributed by atoms with van der Waals surface area (Å²) >= 11 is 11.4. The number of carbonyl (C=O) groups is 1. The Kier molecular flexibility index (Phi) is 10.6. The van der Waals surface area contributed by atoms with E-state index in [2.05, 4.69) is 23.8 Å². The van der Waals surface area contributed by atoms with Gasteiger partial charge in [0.05, 0.1) is 15.6 Å². The summed E-state index contributed by atoms with van der Waals surface area (Å²) in [4.78, 5) is 21.7. The highest BCUT2D eigenvalue weighted by Crippen LogP contribution is 2.27. The van der Waals surface area contributed by atoms with Crippen LogP contribution in [-0.2, 0) is 0 Å². The molecule has 1 aliphatic carbocycles. The van der Waals surface area contributed by atoms with Crippen molar-refractivity contribution in [2.45, 2.75) is 53.4 Å². The second-order valence-corrected chi connectivity index (χ2v) is 9.81. The molecule has 1 saturated carbocycles. The van der Waals surface area contributed by atoms with E-state index >= 15 is 0 Å². The molecule has 0 saturated heterocycles. The smallest absolute Gasteiger partial charge is 0.161 e. The highest BCUT2D eigenvalue weighted by molar-refractivity contribution is 6.43. The number of benzene rings is 2. The van der Waals surface area contributed by atoms with Gasteiger partial charge in [0.15, 0.2) is 5.78 Å². The Bertz CT molecular complexity index is 1050. The van der Waals surface area contributed by atoms with Gasteiger partial charge in [-0.1, -0.05) is 80.9 Å². The van der Waals surface area contributed by atoms with Gasteiger partial charge in [-0.15, -0.1) is 0 Å². The predicted molar refractivity (Wildman–Crippen MR) is 142 cm³/mol. The second kappa shape index (κ2) is 12.9. The third-order valence-electron chi connectivity index (χ3n) is 5.75. The fourth-order valence-corrected chi connectivity index (χ4v) is 4.15. The van der Waals surface area contributed by atoms with Crippen molar-refractivity contribution in [1.29, 1.82) is 0 Å². The van der Waals surface area contributed by atoms with Crippen LogP contribution in [0.2, 0.25) is 10.0 Å². The topological polar surface area (TPSA) is 46.1 Å². The Hall–Kier alpha value is -2.17. The first-order valence-electron chi connectivity index (χ1n) is 11.5. The van der Waals surface area contributed by atoms with Crippen LogP contribution in [0.5, 0.6) is 0 Å². The zero-order chi connectivity index (χ0) is 24.5. The highest BCUT2D eigenvalue weighted by Gasteiger charge is 2.13. The van der Waals surface area contributed by atoms with Gasteiger partial charge < -0.3 is 4.90 Å². The first-order chi connectivity index (χ1) is 15.6. The lowest BCUT2D eigenvalue weighted by Crippen LogP contribution is -2.12. The van der Waals surface area contributed by atoms with E-state index in [1.807, 2.05) is 50.2 Å². The number of ketones is 1. The molecule has 0 unspecified atom stereocenters. The first kappa shape index (κ1) is 27.1. The number of anilines is 1. The molecule has 1 aliphatic rings. The fourth-order valence-electron chi connectivity index (χ4n) is 3.72. The minimum Gasteiger partial charge on any atom is -0.362 e. The van der Waals surface area contributed by atoms with Crippen molar-refractivity contribution >= 4 is 45.7 Å². The normalized spacial score (nSPS) is 17.3. The molecule has 1 aromatic heterocycles. The van der Waals surface area contributed by atoms with Crippen LogP contribution < -0.4 is 4.90 Å². The van der Waals surface area contributed by atoms with Crippen molar-refractivity contribution in [3.05, 3.63) is 63.9 Å². The van der Waals surface area contributed by atoms with E-state index in [0.717, 1.165) is 34.4 Å². The Morgan fingerprint density at radius 3 is 2.00 bits per heavy atom. The molecular formula is C27H35Cl2N3O. The van der Waals surface area contributed by atoms with E-state index < -0.39 is 0 Å². The van der Waals surface area contributed by atoms with Crippen LogP contribution >= 0.6 is 23.2 Å². The van der Waals surface area contributed by atoms with Gasteiger partial charge in [-0.2, -0.15) is 0 Å². The number of rotatable bonds is 2. The van der Waals surface area contributed by atoms with E-state index in [1.54, 1.807) is 18.2 Å². The number of aromatic nitrogens is 2. The summed E-state index contributed by atoms with van der Waals surface area (Å²) in [5.74, 6) is 3.76. The van der Waals surface area contributed by atoms with Gasteiger partial charge in [-0.3, -0.25) is 4.79 Å². The predicted octanol–water partition coefficient (Wildman–Crippen LogP) is 8.03. The third kappa shape index (κ3) is 8.28. The number of hydrogen-bond donors (Lipinski definition) is 0. The van der Waals surface area contributed by atoms with Crippen LogP contribution in [0.3, 0.4) is 0 Å². The van der Waals surface area contributed by atoms with Gasteiger partial charge in [0, 0.05) is 25.0 Å². The molecule has 1 heterocycles. The zero-order valence-electron chi connectivity index (χ0n) is 20.5. The van der Waals surface area contributed by atoms with Crippen molar-refractivity contribution in [3.8, 4) is 0 Å². The Morgan fingerprint density at radius 2 is 1.48 bits per heavy atom. The van der Waals surface area contributed by atoms with E-state index in [-0.39, 0.29) is 5.78 Å². The van der Waals surface area contributed by atoms with E-state index in [4.69, 9.17) is 23.2 Å². The molecule has 3 aromatic rings. The zero-order valence-corrected chi connectivity index (χ0v) is 22.0. The van der Waals surface area contributed by atoms with Crippen molar-refractivity contribution in [2.24, 2.45) is 11.8 Å². The number of nitrogens with zero attached hydrogens (tertiary/aromatic N) is 3. The van der Waals surface area contributed by atoms with E-state index in [1.165, 1.54) is 32.6 Å². The standard InChI is InChI=1S/C11H13N3.C8H6Cl2O.C8H16/c1-8-12-10-7-5-4-6-9(10)11(13-8)14(2)3;1-5(11)6-3-2-4-7(9)8(6)10;1-7-3-5-8(2)6-4-7/h4-7H,1-3H3;2-4H,1H3;7-8H,3-6H2,1-2H3. The van der Waals surface area contributed by atoms with Gasteiger partial charge in [0.25, 0.3) is 0 Å². The molecule has 4 rings (SSSR count). The first-order valence-corrected chi connectivity index (χ1v) is 12.2. The maximum Gasteiger partial charge on any atom is 0.161 e. The minimum atomic E-state index is -0.0718. The number of carbonyl (C=O) groups excluding carboxylic acids is 1. The maximum absolute atomic E-state index is 10.9. The molecule has 0 atom stereocenters. The molecular weight excluding hydrogens is 453 g/mol. The van der Waals surface area contributed by atoms with Gasteiger partial charge in [-0.05, 0) is 49.9 Å². The van der Waals surface area contributed by atoms with Crippen molar-refractivity contribution in [2.75, 3.05) is 19.0 Å². The molecule has 0 N–H and O–H groups in total. The van der Waals surface area contributed by atoms with Crippen LogP contribution in [0.1, 0.15) is 62.6 Å². The number of aryl methyl sites for hydroxylation is 1. The molecule has 0 amide bonds. The van der Waals surface area contributed by atoms with Crippen LogP contribution in [0, 0.1) is 18.8 Å². The van der Waals surface area contributed by atoms with Gasteiger partial charge in [0.2, 0.25) is 0 Å².